The lowest BCUT2D eigenvalue weighted by atomic mass is 10.2. The van der Waals surface area contributed by atoms with Gasteiger partial charge in [-0.25, -0.2) is 0 Å². The number of halogens is 1. The van der Waals surface area contributed by atoms with Gasteiger partial charge in [-0.3, -0.25) is 0 Å². The van der Waals surface area contributed by atoms with Crippen molar-refractivity contribution in [1.29, 1.82) is 0 Å². The number of alkyl halides is 1. The molecule has 60 valence electrons. The van der Waals surface area contributed by atoms with E-state index in [4.69, 9.17) is 0 Å². The molecule has 1 aromatic heterocycles. The van der Waals surface area contributed by atoms with Crippen molar-refractivity contribution in [3.8, 4) is 0 Å². The molecule has 0 N–H and O–H groups in total. The molecule has 0 fully saturated rings. The average Bonchev–Trinajstić information content (AvgIpc) is 2.52. The molecule has 0 atom stereocenters. The number of hydrogen-bond acceptors (Lipinski definition) is 1. The van der Waals surface area contributed by atoms with Crippen molar-refractivity contribution in [2.24, 2.45) is 0 Å². The van der Waals surface area contributed by atoms with E-state index in [1.807, 2.05) is 0 Å². The fourth-order valence-corrected chi connectivity index (χ4v) is 1.83. The van der Waals surface area contributed by atoms with Gasteiger partial charge >= 0.3 is 0 Å². The van der Waals surface area contributed by atoms with Crippen molar-refractivity contribution in [3.63, 3.8) is 0 Å². The van der Waals surface area contributed by atoms with Crippen LogP contribution in [0.3, 0.4) is 0 Å². The summed E-state index contributed by atoms with van der Waals surface area (Å²) in [5.74, 6) is 0. The zero-order chi connectivity index (χ0) is 8.10. The summed E-state index contributed by atoms with van der Waals surface area (Å²) < 4.78 is 0. The molecule has 0 aliphatic rings. The topological polar surface area (TPSA) is 0 Å². The second kappa shape index (κ2) is 4.73. The van der Waals surface area contributed by atoms with E-state index in [9.17, 15) is 0 Å². The van der Waals surface area contributed by atoms with E-state index in [2.05, 4.69) is 46.4 Å². The van der Waals surface area contributed by atoms with Gasteiger partial charge in [0.25, 0.3) is 0 Å². The maximum absolute atomic E-state index is 3.40. The van der Waals surface area contributed by atoms with Crippen LogP contribution in [0.4, 0.5) is 0 Å². The van der Waals surface area contributed by atoms with Crippen molar-refractivity contribution in [2.75, 3.05) is 5.33 Å². The van der Waals surface area contributed by atoms with Gasteiger partial charge in [-0.1, -0.05) is 28.1 Å². The van der Waals surface area contributed by atoms with Gasteiger partial charge in [0, 0.05) is 10.2 Å². The van der Waals surface area contributed by atoms with E-state index in [0.717, 1.165) is 11.8 Å². The minimum absolute atomic E-state index is 1.05. The van der Waals surface area contributed by atoms with E-state index in [1.165, 1.54) is 10.5 Å². The molecule has 0 aliphatic heterocycles. The highest BCUT2D eigenvalue weighted by Crippen LogP contribution is 2.19. The van der Waals surface area contributed by atoms with Gasteiger partial charge in [0.2, 0.25) is 0 Å². The lowest BCUT2D eigenvalue weighted by Crippen LogP contribution is -1.73. The number of allylic oxidation sites excluding steroid dienone is 2. The molecule has 1 aromatic rings. The Hall–Kier alpha value is -0.0800. The van der Waals surface area contributed by atoms with Crippen molar-refractivity contribution >= 4 is 32.8 Å². The summed E-state index contributed by atoms with van der Waals surface area (Å²) in [7, 11) is 0. The Bertz CT molecular complexity index is 224. The van der Waals surface area contributed by atoms with Gasteiger partial charge in [-0.05, 0) is 30.4 Å². The van der Waals surface area contributed by atoms with Gasteiger partial charge in [0.15, 0.2) is 0 Å². The lowest BCUT2D eigenvalue weighted by molar-refractivity contribution is 1.26. The molecule has 11 heavy (non-hydrogen) atoms. The van der Waals surface area contributed by atoms with Crippen LogP contribution in [0.5, 0.6) is 0 Å². The van der Waals surface area contributed by atoms with Crippen molar-refractivity contribution in [3.05, 3.63) is 28.5 Å². The predicted octanol–water partition coefficient (Wildman–Crippen LogP) is 3.94. The molecule has 0 unspecified atom stereocenters. The zero-order valence-corrected chi connectivity index (χ0v) is 8.91. The molecule has 1 rings (SSSR count). The Balaban J connectivity index is 2.62. The van der Waals surface area contributed by atoms with Gasteiger partial charge in [-0.2, -0.15) is 0 Å². The summed E-state index contributed by atoms with van der Waals surface area (Å²) in [6.45, 7) is 2.16. The summed E-state index contributed by atoms with van der Waals surface area (Å²) in [5, 5.41) is 3.16. The lowest BCUT2D eigenvalue weighted by Gasteiger charge is -1.94. The Morgan fingerprint density at radius 3 is 3.09 bits per heavy atom. The molecule has 0 saturated heterocycles. The third-order valence-electron chi connectivity index (χ3n) is 1.47. The minimum atomic E-state index is 1.05. The maximum atomic E-state index is 3.40. The first-order valence-electron chi connectivity index (χ1n) is 3.61. The molecule has 0 aromatic carbocycles. The summed E-state index contributed by atoms with van der Waals surface area (Å²) >= 11 is 5.20. The fraction of sp³-hybridized carbons (Fsp3) is 0.333. The van der Waals surface area contributed by atoms with Crippen LogP contribution in [0.25, 0.3) is 5.57 Å². The third-order valence-corrected chi connectivity index (χ3v) is 2.93. The number of hydrogen-bond donors (Lipinski definition) is 0. The van der Waals surface area contributed by atoms with Crippen molar-refractivity contribution in [1.82, 2.24) is 0 Å². The first kappa shape index (κ1) is 9.01. The van der Waals surface area contributed by atoms with Gasteiger partial charge in [0.05, 0.1) is 0 Å². The van der Waals surface area contributed by atoms with Crippen molar-refractivity contribution in [2.45, 2.75) is 13.3 Å². The Labute approximate surface area is 80.1 Å². The van der Waals surface area contributed by atoms with Crippen molar-refractivity contribution < 1.29 is 0 Å². The van der Waals surface area contributed by atoms with E-state index in [-0.39, 0.29) is 0 Å². The minimum Gasteiger partial charge on any atom is -0.144 e. The van der Waals surface area contributed by atoms with E-state index >= 15 is 0 Å². The molecule has 0 nitrogen and oxygen atoms in total. The SMILES string of the molecule is C/C(=C/CCBr)c1cccs1. The summed E-state index contributed by atoms with van der Waals surface area (Å²) in [5.41, 5.74) is 1.39. The first-order chi connectivity index (χ1) is 5.34. The van der Waals surface area contributed by atoms with Gasteiger partial charge in [0.1, 0.15) is 0 Å². The highest BCUT2D eigenvalue weighted by molar-refractivity contribution is 9.09. The molecule has 0 spiro atoms. The summed E-state index contributed by atoms with van der Waals surface area (Å²) in [6.07, 6.45) is 3.38. The number of rotatable bonds is 3. The smallest absolute Gasteiger partial charge is 0.0296 e. The normalized spacial score (nSPS) is 12.0. The summed E-state index contributed by atoms with van der Waals surface area (Å²) in [6, 6.07) is 4.25. The molecular formula is C9H11BrS. The van der Waals surface area contributed by atoms with Crippen LogP contribution in [-0.4, -0.2) is 5.33 Å². The Morgan fingerprint density at radius 1 is 1.73 bits per heavy atom. The van der Waals surface area contributed by atoms with Gasteiger partial charge < -0.3 is 0 Å². The summed E-state index contributed by atoms with van der Waals surface area (Å²) in [4.78, 5) is 1.38. The van der Waals surface area contributed by atoms with Crippen LogP contribution in [0.2, 0.25) is 0 Å². The van der Waals surface area contributed by atoms with E-state index in [1.54, 1.807) is 11.3 Å². The monoisotopic (exact) mass is 230 g/mol. The standard InChI is InChI=1S/C9H11BrS/c1-8(4-2-6-10)9-5-3-7-11-9/h3-5,7H,2,6H2,1H3/b8-4-. The van der Waals surface area contributed by atoms with Gasteiger partial charge in [-0.15, -0.1) is 11.3 Å². The van der Waals surface area contributed by atoms with Crippen LogP contribution in [-0.2, 0) is 0 Å². The van der Waals surface area contributed by atoms with Crippen LogP contribution in [0.1, 0.15) is 18.2 Å². The molecule has 0 amide bonds. The van der Waals surface area contributed by atoms with Crippen LogP contribution >= 0.6 is 27.3 Å². The molecule has 2 heteroatoms. The molecule has 1 heterocycles. The van der Waals surface area contributed by atoms with E-state index < -0.39 is 0 Å². The van der Waals surface area contributed by atoms with Crippen LogP contribution in [0.15, 0.2) is 23.6 Å². The second-order valence-electron chi connectivity index (χ2n) is 2.34. The first-order valence-corrected chi connectivity index (χ1v) is 5.61. The highest BCUT2D eigenvalue weighted by atomic mass is 79.9. The zero-order valence-electron chi connectivity index (χ0n) is 6.51. The molecule has 0 saturated carbocycles. The predicted molar refractivity (Wildman–Crippen MR) is 56.4 cm³/mol. The van der Waals surface area contributed by atoms with Crippen LogP contribution < -0.4 is 0 Å². The third kappa shape index (κ3) is 2.80. The maximum Gasteiger partial charge on any atom is 0.0296 e. The molecule has 0 radical (unpaired) electrons. The van der Waals surface area contributed by atoms with Crippen LogP contribution in [0, 0.1) is 0 Å². The molecule has 0 aliphatic carbocycles. The quantitative estimate of drug-likeness (QED) is 0.691. The Kier molecular flexibility index (Phi) is 3.87. The second-order valence-corrected chi connectivity index (χ2v) is 4.08. The molecular weight excluding hydrogens is 220 g/mol. The molecule has 0 bridgehead atoms. The fourth-order valence-electron chi connectivity index (χ4n) is 0.875. The number of thiophene rings is 1. The highest BCUT2D eigenvalue weighted by Gasteiger charge is 1.93. The Morgan fingerprint density at radius 2 is 2.55 bits per heavy atom. The largest absolute Gasteiger partial charge is 0.144 e. The van der Waals surface area contributed by atoms with E-state index in [0.29, 0.717) is 0 Å². The average molecular weight is 231 g/mol.